The predicted molar refractivity (Wildman–Crippen MR) is 280 cm³/mol. The third-order valence-corrected chi connectivity index (χ3v) is 12.8. The molecule has 0 bridgehead atoms. The van der Waals surface area contributed by atoms with Gasteiger partial charge in [0.05, 0.1) is 34.5 Å². The third-order valence-electron chi connectivity index (χ3n) is 12.8. The van der Waals surface area contributed by atoms with Gasteiger partial charge in [-0.3, -0.25) is 0 Å². The largest absolute Gasteiger partial charge is 0.458 e. The molecule has 0 aliphatic carbocycles. The fourth-order valence-corrected chi connectivity index (χ4v) is 9.58. The highest BCUT2D eigenvalue weighted by Crippen LogP contribution is 2.47. The molecule has 322 valence electrons. The highest BCUT2D eigenvalue weighted by Gasteiger charge is 2.43. The lowest BCUT2D eigenvalue weighted by molar-refractivity contribution is 0.483. The molecule has 7 heteroatoms. The van der Waals surface area contributed by atoms with Crippen LogP contribution in [0, 0.1) is 0 Å². The molecule has 2 aliphatic rings. The monoisotopic (exact) mass is 886 g/mol. The molecule has 0 amide bonds. The molecule has 0 N–H and O–H groups in total. The van der Waals surface area contributed by atoms with E-state index in [-0.39, 0.29) is 39.5 Å². The number of hydrogen-bond acceptors (Lipinski definition) is 5. The van der Waals surface area contributed by atoms with Gasteiger partial charge >= 0.3 is 0 Å². The number of benzene rings is 9. The SMILES string of the molecule is [2H]c1c([2H])c([2H])c(-c2ccc3c(c2)Oc2cc(C(C)(C)C)cc4c2B3c2ccc(-n3c5c([2H])c([2H])c([2H])c([2H])c5c5c([2H])c([2H])c([2H])c([2H])c53)cc2N4c2ccccc2-c2nc(-c3ccccc3)nc(-c3ccccc3)n2)c([2H])c1[2H]. The van der Waals surface area contributed by atoms with Crippen LogP contribution in [0.15, 0.2) is 212 Å². The predicted octanol–water partition coefficient (Wildman–Crippen LogP) is 13.3. The molecule has 2 aliphatic heterocycles. The number of rotatable bonds is 6. The van der Waals surface area contributed by atoms with Crippen molar-refractivity contribution in [1.29, 1.82) is 0 Å². The molecule has 6 nitrogen and oxygen atoms in total. The minimum absolute atomic E-state index is 0.0186. The normalized spacial score (nSPS) is 15.4. The standard InChI is InChI=1S/C61H44BN5O/c1-61(2,3)43-36-54-57-56(37-43)68-55-35-42(39-19-7-4-8-20-39)31-33-49(55)62(57)48-34-32-44(66-50-28-16-13-25-45(50)46-26-14-17-29-51(46)66)38-53(48)67(54)52-30-18-15-27-47(52)60-64-58(40-21-9-5-10-22-40)63-59(65-60)41-23-11-6-12-24-41/h4-38H,1-3H3/i4D,7D,8D,13D,14D,16D,17D,19D,20D,25D,26D,28D,29D. The number of nitrogens with zero attached hydrogens (tertiary/aromatic N) is 5. The first-order valence-corrected chi connectivity index (χ1v) is 22.2. The van der Waals surface area contributed by atoms with Crippen molar-refractivity contribution in [3.63, 3.8) is 0 Å². The maximum Gasteiger partial charge on any atom is 0.256 e. The highest BCUT2D eigenvalue weighted by atomic mass is 16.5. The Bertz CT molecular complexity index is 4390. The van der Waals surface area contributed by atoms with E-state index in [1.807, 2.05) is 109 Å². The van der Waals surface area contributed by atoms with Gasteiger partial charge in [0.15, 0.2) is 17.5 Å². The summed E-state index contributed by atoms with van der Waals surface area (Å²) >= 11 is 0. The zero-order chi connectivity index (χ0) is 56.8. The summed E-state index contributed by atoms with van der Waals surface area (Å²) in [6, 6.07) is 35.9. The van der Waals surface area contributed by atoms with Crippen LogP contribution in [0.2, 0.25) is 0 Å². The first-order valence-electron chi connectivity index (χ1n) is 28.7. The summed E-state index contributed by atoms with van der Waals surface area (Å²) in [7, 11) is 0. The van der Waals surface area contributed by atoms with E-state index in [4.69, 9.17) is 32.0 Å². The Hall–Kier alpha value is -8.55. The Morgan fingerprint density at radius 1 is 0.485 bits per heavy atom. The Morgan fingerprint density at radius 3 is 1.76 bits per heavy atom. The van der Waals surface area contributed by atoms with E-state index in [9.17, 15) is 5.48 Å². The van der Waals surface area contributed by atoms with E-state index in [0.29, 0.717) is 68.3 Å². The lowest BCUT2D eigenvalue weighted by Gasteiger charge is -2.41. The van der Waals surface area contributed by atoms with Crippen LogP contribution in [0.3, 0.4) is 0 Å². The lowest BCUT2D eigenvalue weighted by Crippen LogP contribution is -2.59. The quantitative estimate of drug-likeness (QED) is 0.156. The zero-order valence-electron chi connectivity index (χ0n) is 49.9. The number of hydrogen-bond donors (Lipinski definition) is 0. The van der Waals surface area contributed by atoms with Crippen LogP contribution < -0.4 is 26.0 Å². The molecule has 0 spiro atoms. The number of anilines is 3. The topological polar surface area (TPSA) is 56.1 Å². The number of aromatic nitrogens is 4. The van der Waals surface area contributed by atoms with E-state index >= 15 is 0 Å². The molecule has 11 aromatic rings. The van der Waals surface area contributed by atoms with Crippen molar-refractivity contribution in [2.45, 2.75) is 26.2 Å². The molecule has 68 heavy (non-hydrogen) atoms. The van der Waals surface area contributed by atoms with Crippen LogP contribution in [0.5, 0.6) is 11.5 Å². The minimum atomic E-state index is -0.589. The molecular weight excluding hydrogens is 830 g/mol. The maximum atomic E-state index is 9.41. The molecule has 4 heterocycles. The van der Waals surface area contributed by atoms with E-state index in [1.165, 1.54) is 4.57 Å². The maximum absolute atomic E-state index is 9.41. The van der Waals surface area contributed by atoms with Crippen molar-refractivity contribution in [3.8, 4) is 62.5 Å². The van der Waals surface area contributed by atoms with Gasteiger partial charge in [-0.25, -0.2) is 15.0 Å². The molecule has 13 rings (SSSR count). The summed E-state index contributed by atoms with van der Waals surface area (Å²) in [5.41, 5.74) is 7.30. The average molecular weight is 887 g/mol. The van der Waals surface area contributed by atoms with Crippen LogP contribution in [0.25, 0.3) is 72.8 Å². The van der Waals surface area contributed by atoms with Crippen molar-refractivity contribution < 1.29 is 22.6 Å². The second-order valence-corrected chi connectivity index (χ2v) is 17.9. The van der Waals surface area contributed by atoms with Crippen molar-refractivity contribution in [3.05, 3.63) is 218 Å². The van der Waals surface area contributed by atoms with E-state index < -0.39 is 78.6 Å². The fraction of sp³-hybridized carbons (Fsp3) is 0.0656. The number of para-hydroxylation sites is 3. The average Bonchev–Trinajstić information content (AvgIpc) is 4.07. The summed E-state index contributed by atoms with van der Waals surface area (Å²) in [5, 5.41) is -0.112. The van der Waals surface area contributed by atoms with Gasteiger partial charge in [0, 0.05) is 44.5 Å². The molecule has 9 aromatic carbocycles. The van der Waals surface area contributed by atoms with Gasteiger partial charge in [-0.15, -0.1) is 0 Å². The van der Waals surface area contributed by atoms with Crippen LogP contribution in [-0.2, 0) is 5.41 Å². The summed E-state index contributed by atoms with van der Waals surface area (Å²) < 4.78 is 124. The van der Waals surface area contributed by atoms with E-state index in [0.717, 1.165) is 27.6 Å². The van der Waals surface area contributed by atoms with E-state index in [2.05, 4.69) is 31.7 Å². The molecule has 0 atom stereocenters. The molecule has 0 saturated carbocycles. The fourth-order valence-electron chi connectivity index (χ4n) is 9.58. The number of ether oxygens (including phenoxy) is 1. The van der Waals surface area contributed by atoms with Crippen LogP contribution >= 0.6 is 0 Å². The van der Waals surface area contributed by atoms with E-state index in [1.54, 1.807) is 18.2 Å². The van der Waals surface area contributed by atoms with Gasteiger partial charge in [-0.2, -0.15) is 0 Å². The molecule has 0 unspecified atom stereocenters. The van der Waals surface area contributed by atoms with Crippen LogP contribution in [0.1, 0.15) is 44.2 Å². The molecule has 0 saturated heterocycles. The zero-order valence-corrected chi connectivity index (χ0v) is 36.9. The minimum Gasteiger partial charge on any atom is -0.458 e. The Morgan fingerprint density at radius 2 is 1.09 bits per heavy atom. The molecule has 0 radical (unpaired) electrons. The van der Waals surface area contributed by atoms with Crippen molar-refractivity contribution >= 4 is 62.0 Å². The molecule has 2 aromatic heterocycles. The van der Waals surface area contributed by atoms with Crippen molar-refractivity contribution in [2.75, 3.05) is 4.90 Å². The van der Waals surface area contributed by atoms with Gasteiger partial charge < -0.3 is 14.2 Å². The van der Waals surface area contributed by atoms with Gasteiger partial charge in [0.25, 0.3) is 6.71 Å². The summed E-state index contributed by atoms with van der Waals surface area (Å²) in [6.45, 7) is 5.68. The van der Waals surface area contributed by atoms with Gasteiger partial charge in [-0.05, 0) is 93.0 Å². The highest BCUT2D eigenvalue weighted by molar-refractivity contribution is 6.99. The first kappa shape index (κ1) is 28.5. The first-order chi connectivity index (χ1) is 38.7. The Balaban J connectivity index is 1.14. The van der Waals surface area contributed by atoms with Crippen LogP contribution in [0.4, 0.5) is 17.1 Å². The van der Waals surface area contributed by atoms with Gasteiger partial charge in [-0.1, -0.05) is 178 Å². The van der Waals surface area contributed by atoms with Crippen molar-refractivity contribution in [2.24, 2.45) is 0 Å². The molecular formula is C61H44BN5O. The van der Waals surface area contributed by atoms with Gasteiger partial charge in [0.1, 0.15) is 11.5 Å². The smallest absolute Gasteiger partial charge is 0.256 e. The molecule has 0 fully saturated rings. The van der Waals surface area contributed by atoms with Crippen molar-refractivity contribution in [1.82, 2.24) is 19.5 Å². The Labute approximate surface area is 414 Å². The Kier molecular flexibility index (Phi) is 6.51. The second-order valence-electron chi connectivity index (χ2n) is 17.9. The summed E-state index contributed by atoms with van der Waals surface area (Å²) in [6.07, 6.45) is 0. The number of fused-ring (bicyclic) bond motifs is 7. The van der Waals surface area contributed by atoms with Crippen LogP contribution in [-0.4, -0.2) is 26.2 Å². The summed E-state index contributed by atoms with van der Waals surface area (Å²) in [4.78, 5) is 17.5. The third kappa shape index (κ3) is 6.45. The summed E-state index contributed by atoms with van der Waals surface area (Å²) in [5.74, 6) is 2.14. The second kappa shape index (κ2) is 15.5. The lowest BCUT2D eigenvalue weighted by atomic mass is 9.34. The van der Waals surface area contributed by atoms with Gasteiger partial charge in [0.2, 0.25) is 0 Å².